The van der Waals surface area contributed by atoms with Gasteiger partial charge in [0.1, 0.15) is 11.1 Å². The van der Waals surface area contributed by atoms with Gasteiger partial charge in [0.15, 0.2) is 5.16 Å². The van der Waals surface area contributed by atoms with Gasteiger partial charge in [-0.25, -0.2) is 9.97 Å². The number of hydrogen-bond acceptors (Lipinski definition) is 5. The lowest BCUT2D eigenvalue weighted by Gasteiger charge is -2.03. The molecule has 0 saturated carbocycles. The van der Waals surface area contributed by atoms with Gasteiger partial charge in [0, 0.05) is 18.0 Å². The van der Waals surface area contributed by atoms with E-state index in [1.54, 1.807) is 6.92 Å². The molecule has 0 aromatic carbocycles. The average Bonchev–Trinajstić information content (AvgIpc) is 2.30. The van der Waals surface area contributed by atoms with E-state index >= 15 is 0 Å². The third-order valence-corrected chi connectivity index (χ3v) is 3.40. The van der Waals surface area contributed by atoms with Gasteiger partial charge in [0.05, 0.1) is 10.6 Å². The van der Waals surface area contributed by atoms with E-state index in [9.17, 15) is 4.79 Å². The van der Waals surface area contributed by atoms with Crippen LogP contribution in [0.4, 0.5) is 0 Å². The molecule has 0 radical (unpaired) electrons. The first-order valence-electron chi connectivity index (χ1n) is 4.90. The van der Waals surface area contributed by atoms with Crippen LogP contribution in [-0.4, -0.2) is 15.0 Å². The van der Waals surface area contributed by atoms with E-state index < -0.39 is 0 Å². The van der Waals surface area contributed by atoms with E-state index in [4.69, 9.17) is 16.9 Å². The Balaban J connectivity index is 2.40. The van der Waals surface area contributed by atoms with E-state index in [-0.39, 0.29) is 10.6 Å². The fourth-order valence-corrected chi connectivity index (χ4v) is 2.38. The summed E-state index contributed by atoms with van der Waals surface area (Å²) in [4.78, 5) is 22.1. The summed E-state index contributed by atoms with van der Waals surface area (Å²) < 4.78 is 0. The molecule has 0 aliphatic heterocycles. The molecule has 90 valence electrons. The highest BCUT2D eigenvalue weighted by Crippen LogP contribution is 2.30. The van der Waals surface area contributed by atoms with Crippen LogP contribution in [0, 0.1) is 18.3 Å². The predicted molar refractivity (Wildman–Crippen MR) is 67.7 cm³/mol. The Morgan fingerprint density at radius 2 is 2.33 bits per heavy atom. The number of aromatic nitrogens is 3. The molecule has 0 aliphatic rings. The maximum absolute atomic E-state index is 11.3. The second-order valence-electron chi connectivity index (χ2n) is 3.38. The fraction of sp³-hybridized carbons (Fsp3) is 0.0909. The van der Waals surface area contributed by atoms with Crippen molar-refractivity contribution in [3.63, 3.8) is 0 Å². The summed E-state index contributed by atoms with van der Waals surface area (Å²) in [5.41, 5.74) is 0.704. The summed E-state index contributed by atoms with van der Waals surface area (Å²) >= 11 is 7.12. The smallest absolute Gasteiger partial charge is 0.251 e. The number of hydrogen-bond donors (Lipinski definition) is 1. The first-order chi connectivity index (χ1) is 8.60. The van der Waals surface area contributed by atoms with Gasteiger partial charge in [-0.05, 0) is 24.8 Å². The normalized spacial score (nSPS) is 10.1. The van der Waals surface area contributed by atoms with E-state index in [1.807, 2.05) is 6.07 Å². The second kappa shape index (κ2) is 5.21. The van der Waals surface area contributed by atoms with Gasteiger partial charge in [0.25, 0.3) is 5.56 Å². The monoisotopic (exact) mass is 278 g/mol. The Morgan fingerprint density at radius 3 is 3.00 bits per heavy atom. The van der Waals surface area contributed by atoms with Crippen molar-refractivity contribution in [1.29, 1.82) is 5.26 Å². The Morgan fingerprint density at radius 1 is 1.56 bits per heavy atom. The van der Waals surface area contributed by atoms with Crippen molar-refractivity contribution >= 4 is 23.4 Å². The van der Waals surface area contributed by atoms with Crippen molar-refractivity contribution in [2.24, 2.45) is 0 Å². The van der Waals surface area contributed by atoms with Crippen molar-refractivity contribution in [2.45, 2.75) is 17.1 Å². The number of nitriles is 1. The second-order valence-corrected chi connectivity index (χ2v) is 4.74. The minimum atomic E-state index is -0.238. The number of rotatable bonds is 2. The molecule has 2 rings (SSSR count). The summed E-state index contributed by atoms with van der Waals surface area (Å²) in [5.74, 6) is 0. The Kier molecular flexibility index (Phi) is 3.65. The third kappa shape index (κ3) is 2.70. The van der Waals surface area contributed by atoms with Crippen LogP contribution in [-0.2, 0) is 0 Å². The molecule has 1 N–H and O–H groups in total. The summed E-state index contributed by atoms with van der Waals surface area (Å²) in [5, 5.41) is 9.94. The van der Waals surface area contributed by atoms with Crippen LogP contribution in [0.5, 0.6) is 0 Å². The fourth-order valence-electron chi connectivity index (χ4n) is 1.27. The number of nitrogens with zero attached hydrogens (tertiary/aromatic N) is 3. The van der Waals surface area contributed by atoms with Crippen molar-refractivity contribution in [3.05, 3.63) is 45.0 Å². The summed E-state index contributed by atoms with van der Waals surface area (Å²) in [7, 11) is 0. The molecule has 5 nitrogen and oxygen atoms in total. The van der Waals surface area contributed by atoms with Crippen LogP contribution in [0.3, 0.4) is 0 Å². The number of aromatic amines is 1. The molecule has 0 unspecified atom stereocenters. The SMILES string of the molecule is Cc1cc(=O)[nH]c(Sc2nccc(C#N)c2Cl)n1. The Bertz CT molecular complexity index is 692. The molecule has 0 saturated heterocycles. The zero-order valence-electron chi connectivity index (χ0n) is 9.27. The predicted octanol–water partition coefficient (Wildman–Crippen LogP) is 2.15. The number of aryl methyl sites for hydroxylation is 1. The largest absolute Gasteiger partial charge is 0.301 e. The average molecular weight is 279 g/mol. The summed E-state index contributed by atoms with van der Waals surface area (Å²) in [6.45, 7) is 1.72. The van der Waals surface area contributed by atoms with Crippen molar-refractivity contribution in [3.8, 4) is 6.07 Å². The van der Waals surface area contributed by atoms with E-state index in [2.05, 4.69) is 15.0 Å². The highest BCUT2D eigenvalue weighted by molar-refractivity contribution is 7.99. The topological polar surface area (TPSA) is 82.4 Å². The molecule has 0 spiro atoms. The molecule has 18 heavy (non-hydrogen) atoms. The van der Waals surface area contributed by atoms with Gasteiger partial charge in [-0.15, -0.1) is 0 Å². The van der Waals surface area contributed by atoms with Gasteiger partial charge in [-0.1, -0.05) is 11.6 Å². The van der Waals surface area contributed by atoms with E-state index in [0.29, 0.717) is 21.4 Å². The number of halogens is 1. The lowest BCUT2D eigenvalue weighted by molar-refractivity contribution is 0.902. The lowest BCUT2D eigenvalue weighted by Crippen LogP contribution is -2.08. The van der Waals surface area contributed by atoms with Crippen molar-refractivity contribution in [1.82, 2.24) is 15.0 Å². The highest BCUT2D eigenvalue weighted by Gasteiger charge is 2.10. The van der Waals surface area contributed by atoms with Gasteiger partial charge < -0.3 is 4.98 Å². The molecule has 0 aliphatic carbocycles. The van der Waals surface area contributed by atoms with Gasteiger partial charge in [-0.3, -0.25) is 4.79 Å². The van der Waals surface area contributed by atoms with Gasteiger partial charge in [-0.2, -0.15) is 5.26 Å². The summed E-state index contributed by atoms with van der Waals surface area (Å²) in [6, 6.07) is 4.89. The molecular weight excluding hydrogens is 272 g/mol. The number of H-pyrrole nitrogens is 1. The van der Waals surface area contributed by atoms with Crippen LogP contribution in [0.2, 0.25) is 5.02 Å². The molecule has 0 fully saturated rings. The van der Waals surface area contributed by atoms with Crippen molar-refractivity contribution in [2.75, 3.05) is 0 Å². The molecule has 0 atom stereocenters. The maximum atomic E-state index is 11.3. The molecule has 2 heterocycles. The molecule has 0 amide bonds. The minimum Gasteiger partial charge on any atom is -0.301 e. The maximum Gasteiger partial charge on any atom is 0.251 e. The van der Waals surface area contributed by atoms with Gasteiger partial charge in [0.2, 0.25) is 0 Å². The Labute approximate surface area is 112 Å². The van der Waals surface area contributed by atoms with E-state index in [1.165, 1.54) is 18.3 Å². The van der Waals surface area contributed by atoms with Gasteiger partial charge >= 0.3 is 0 Å². The number of nitrogens with one attached hydrogen (secondary N) is 1. The first-order valence-corrected chi connectivity index (χ1v) is 6.10. The van der Waals surface area contributed by atoms with Crippen LogP contribution < -0.4 is 5.56 Å². The van der Waals surface area contributed by atoms with Crippen molar-refractivity contribution < 1.29 is 0 Å². The summed E-state index contributed by atoms with van der Waals surface area (Å²) in [6.07, 6.45) is 1.49. The number of pyridine rings is 1. The minimum absolute atomic E-state index is 0.238. The zero-order chi connectivity index (χ0) is 13.1. The van der Waals surface area contributed by atoms with E-state index in [0.717, 1.165) is 11.8 Å². The van der Waals surface area contributed by atoms with Crippen LogP contribution >= 0.6 is 23.4 Å². The molecule has 2 aromatic rings. The highest BCUT2D eigenvalue weighted by atomic mass is 35.5. The quantitative estimate of drug-likeness (QED) is 0.851. The lowest BCUT2D eigenvalue weighted by atomic mass is 10.3. The first kappa shape index (κ1) is 12.6. The third-order valence-electron chi connectivity index (χ3n) is 2.02. The molecule has 2 aromatic heterocycles. The van der Waals surface area contributed by atoms with Crippen LogP contribution in [0.1, 0.15) is 11.3 Å². The Hall–Kier alpha value is -1.84. The molecule has 7 heteroatoms. The molecular formula is C11H7ClN4OS. The van der Waals surface area contributed by atoms with Crippen LogP contribution in [0.25, 0.3) is 0 Å². The molecule has 0 bridgehead atoms. The van der Waals surface area contributed by atoms with Crippen LogP contribution in [0.15, 0.2) is 33.3 Å². The standard InChI is InChI=1S/C11H7ClN4OS/c1-6-4-8(17)16-11(15-6)18-10-9(12)7(5-13)2-3-14-10/h2-4H,1H3,(H,15,16,17). The zero-order valence-corrected chi connectivity index (χ0v) is 10.8.